The first-order valence-electron chi connectivity index (χ1n) is 7.55. The van der Waals surface area contributed by atoms with Crippen LogP contribution in [0.1, 0.15) is 0 Å². The first kappa shape index (κ1) is 13.8. The van der Waals surface area contributed by atoms with Crippen molar-refractivity contribution in [3.05, 3.63) is 60.7 Å². The third kappa shape index (κ3) is 2.21. The molecular weight excluding hydrogens is 334 g/mol. The summed E-state index contributed by atoms with van der Waals surface area (Å²) in [4.78, 5) is 0. The van der Waals surface area contributed by atoms with Crippen molar-refractivity contribution in [2.75, 3.05) is 5.73 Å². The second-order valence-corrected chi connectivity index (χ2v) is 7.43. The predicted octanol–water partition coefficient (Wildman–Crippen LogP) is 5.59. The third-order valence-corrected chi connectivity index (χ3v) is 5.52. The number of hydrogen-bond donors (Lipinski definition) is 1. The molecule has 0 aliphatic carbocycles. The minimum atomic E-state index is 0.795. The van der Waals surface area contributed by atoms with Crippen LogP contribution in [0, 0.1) is 0 Å². The molecule has 2 N–H and O–H groups in total. The Hall–Kier alpha value is -2.63. The number of nitrogens with zero attached hydrogens (tertiary/aromatic N) is 2. The molecule has 0 amide bonds. The summed E-state index contributed by atoms with van der Waals surface area (Å²) in [7, 11) is 2.83. The molecular formula is C19H12N3S2+. The van der Waals surface area contributed by atoms with Crippen LogP contribution in [-0.4, -0.2) is 8.75 Å². The van der Waals surface area contributed by atoms with E-state index in [1.54, 1.807) is 0 Å². The maximum Gasteiger partial charge on any atom is 0.462 e. The van der Waals surface area contributed by atoms with Crippen LogP contribution in [0.25, 0.3) is 43.7 Å². The number of nitrogens with two attached hydrogens (primary N) is 1. The molecule has 5 aromatic rings. The Kier molecular flexibility index (Phi) is 2.98. The number of rotatable bonds is 1. The Morgan fingerprint density at radius 2 is 1.33 bits per heavy atom. The van der Waals surface area contributed by atoms with E-state index in [2.05, 4.69) is 57.3 Å². The van der Waals surface area contributed by atoms with E-state index in [0.717, 1.165) is 17.1 Å². The summed E-state index contributed by atoms with van der Waals surface area (Å²) in [6.45, 7) is 0. The molecule has 0 bridgehead atoms. The van der Waals surface area contributed by atoms with E-state index in [4.69, 9.17) is 5.73 Å². The first-order valence-corrected chi connectivity index (χ1v) is 9.62. The van der Waals surface area contributed by atoms with Crippen molar-refractivity contribution in [2.45, 2.75) is 0 Å². The molecule has 114 valence electrons. The normalized spacial score (nSPS) is 11.5. The Morgan fingerprint density at radius 1 is 0.708 bits per heavy atom. The van der Waals surface area contributed by atoms with Crippen molar-refractivity contribution in [3.8, 4) is 11.4 Å². The van der Waals surface area contributed by atoms with Crippen molar-refractivity contribution in [3.63, 3.8) is 0 Å². The van der Waals surface area contributed by atoms with Crippen LogP contribution >= 0.6 is 21.1 Å². The fraction of sp³-hybridized carbons (Fsp3) is 0. The van der Waals surface area contributed by atoms with E-state index in [9.17, 15) is 0 Å². The summed E-state index contributed by atoms with van der Waals surface area (Å²) in [5, 5.41) is 7.25. The van der Waals surface area contributed by atoms with Crippen LogP contribution in [0.2, 0.25) is 0 Å². The van der Waals surface area contributed by atoms with E-state index in [-0.39, 0.29) is 0 Å². The quantitative estimate of drug-likeness (QED) is 0.186. The lowest BCUT2D eigenvalue weighted by atomic mass is 9.98. The Labute approximate surface area is 145 Å². The molecule has 4 aromatic carbocycles. The highest BCUT2D eigenvalue weighted by molar-refractivity contribution is 7.64. The van der Waals surface area contributed by atoms with E-state index < -0.39 is 0 Å². The zero-order chi connectivity index (χ0) is 16.1. The Bertz CT molecular complexity index is 1210. The minimum absolute atomic E-state index is 0.795. The molecule has 0 aliphatic rings. The molecule has 0 spiro atoms. The molecule has 0 radical (unpaired) electrons. The van der Waals surface area contributed by atoms with E-state index in [1.165, 1.54) is 53.4 Å². The average molecular weight is 346 g/mol. The smallest absolute Gasteiger partial charge is 0.399 e. The maximum atomic E-state index is 5.91. The molecule has 0 saturated heterocycles. The van der Waals surface area contributed by atoms with Gasteiger partial charge < -0.3 is 5.73 Å². The number of hydrogen-bond acceptors (Lipinski definition) is 4. The van der Waals surface area contributed by atoms with Crippen molar-refractivity contribution < 1.29 is 0 Å². The van der Waals surface area contributed by atoms with Gasteiger partial charge in [0.1, 0.15) is 0 Å². The molecule has 0 saturated carbocycles. The lowest BCUT2D eigenvalue weighted by molar-refractivity contribution is 1.39. The maximum absolute atomic E-state index is 5.91. The molecule has 0 aliphatic heterocycles. The van der Waals surface area contributed by atoms with Crippen LogP contribution in [-0.2, 0) is 0 Å². The van der Waals surface area contributed by atoms with Gasteiger partial charge in [-0.2, -0.15) is 0 Å². The van der Waals surface area contributed by atoms with Crippen molar-refractivity contribution >= 4 is 59.1 Å². The molecule has 0 unspecified atom stereocenters. The number of fused-ring (bicyclic) bond motifs is 3. The van der Waals surface area contributed by atoms with Crippen LogP contribution in [0.5, 0.6) is 0 Å². The standard InChI is InChI=1S/C19H12N3S2/c20-18-4-3-12-6-15-8-14-7-13(19-21-23-24-22-19)2-1-11(14)5-16(15)9-17(12)10-18/h1-10H,20H2/q+1. The lowest BCUT2D eigenvalue weighted by Gasteiger charge is -2.06. The molecule has 1 heterocycles. The number of nitrogen functional groups attached to an aromatic ring is 1. The molecule has 24 heavy (non-hydrogen) atoms. The topological polar surface area (TPSA) is 51.8 Å². The number of anilines is 1. The summed E-state index contributed by atoms with van der Waals surface area (Å²) in [5.41, 5.74) is 7.77. The SMILES string of the molecule is Nc1ccc2cc3cc4cc(-c5ns[s+]n5)ccc4cc3cc2c1. The lowest BCUT2D eigenvalue weighted by Crippen LogP contribution is -1.85. The molecule has 0 atom stereocenters. The van der Waals surface area contributed by atoms with Crippen LogP contribution in [0.15, 0.2) is 60.7 Å². The van der Waals surface area contributed by atoms with Crippen LogP contribution in [0.3, 0.4) is 0 Å². The molecule has 5 heteroatoms. The zero-order valence-corrected chi connectivity index (χ0v) is 14.2. The van der Waals surface area contributed by atoms with Crippen molar-refractivity contribution in [1.82, 2.24) is 8.75 Å². The summed E-state index contributed by atoms with van der Waals surface area (Å²) >= 11 is 0. The van der Waals surface area contributed by atoms with Crippen molar-refractivity contribution in [2.24, 2.45) is 0 Å². The van der Waals surface area contributed by atoms with Gasteiger partial charge in [0.05, 0.1) is 4.37 Å². The molecule has 5 rings (SSSR count). The van der Waals surface area contributed by atoms with Crippen molar-refractivity contribution in [1.29, 1.82) is 0 Å². The van der Waals surface area contributed by atoms with Gasteiger partial charge in [-0.05, 0) is 74.8 Å². The zero-order valence-electron chi connectivity index (χ0n) is 12.6. The van der Waals surface area contributed by atoms with Gasteiger partial charge in [0.2, 0.25) is 5.82 Å². The highest BCUT2D eigenvalue weighted by Crippen LogP contribution is 2.30. The second kappa shape index (κ2) is 5.19. The molecule has 0 fully saturated rings. The Morgan fingerprint density at radius 3 is 2.04 bits per heavy atom. The predicted molar refractivity (Wildman–Crippen MR) is 105 cm³/mol. The average Bonchev–Trinajstić information content (AvgIpc) is 3.12. The third-order valence-electron chi connectivity index (χ3n) is 4.31. The highest BCUT2D eigenvalue weighted by Gasteiger charge is 2.10. The summed E-state index contributed by atoms with van der Waals surface area (Å²) in [6.07, 6.45) is 0. The summed E-state index contributed by atoms with van der Waals surface area (Å²) in [6, 6.07) is 21.3. The van der Waals surface area contributed by atoms with Gasteiger partial charge in [-0.3, -0.25) is 0 Å². The molecule has 3 nitrogen and oxygen atoms in total. The van der Waals surface area contributed by atoms with Gasteiger partial charge in [-0.25, -0.2) is 0 Å². The second-order valence-electron chi connectivity index (χ2n) is 5.88. The van der Waals surface area contributed by atoms with E-state index >= 15 is 0 Å². The first-order chi connectivity index (χ1) is 11.8. The van der Waals surface area contributed by atoms with Gasteiger partial charge in [0.15, 0.2) is 0 Å². The minimum Gasteiger partial charge on any atom is -0.399 e. The number of aromatic nitrogens is 2. The van der Waals surface area contributed by atoms with Crippen LogP contribution < -0.4 is 5.73 Å². The van der Waals surface area contributed by atoms with Gasteiger partial charge in [-0.15, -0.1) is 4.37 Å². The van der Waals surface area contributed by atoms with Crippen LogP contribution in [0.4, 0.5) is 5.69 Å². The monoisotopic (exact) mass is 346 g/mol. The van der Waals surface area contributed by atoms with E-state index in [1.807, 2.05) is 12.1 Å². The molecule has 1 aromatic heterocycles. The van der Waals surface area contributed by atoms with Gasteiger partial charge >= 0.3 is 21.1 Å². The Balaban J connectivity index is 1.78. The fourth-order valence-corrected chi connectivity index (χ4v) is 4.31. The highest BCUT2D eigenvalue weighted by atomic mass is 32.9. The van der Waals surface area contributed by atoms with Gasteiger partial charge in [0.25, 0.3) is 0 Å². The van der Waals surface area contributed by atoms with E-state index in [0.29, 0.717) is 0 Å². The number of benzene rings is 4. The van der Waals surface area contributed by atoms with Gasteiger partial charge in [0, 0.05) is 11.3 Å². The van der Waals surface area contributed by atoms with Gasteiger partial charge in [-0.1, -0.05) is 18.2 Å². The summed E-state index contributed by atoms with van der Waals surface area (Å²) < 4.78 is 8.68. The largest absolute Gasteiger partial charge is 0.462 e. The summed E-state index contributed by atoms with van der Waals surface area (Å²) in [5.74, 6) is 0.806. The fourth-order valence-electron chi connectivity index (χ4n) is 3.13.